The maximum Gasteiger partial charge on any atom is 0.271 e. The van der Waals surface area contributed by atoms with Gasteiger partial charge in [-0.1, -0.05) is 66.7 Å². The molecule has 0 radical (unpaired) electrons. The molecule has 0 bridgehead atoms. The molecule has 0 aliphatic carbocycles. The quantitative estimate of drug-likeness (QED) is 0.211. The van der Waals surface area contributed by atoms with Crippen LogP contribution in [0.3, 0.4) is 0 Å². The van der Waals surface area contributed by atoms with Gasteiger partial charge in [-0.15, -0.1) is 0 Å². The van der Waals surface area contributed by atoms with E-state index in [0.717, 1.165) is 27.1 Å². The number of rotatable bonds is 5. The summed E-state index contributed by atoms with van der Waals surface area (Å²) in [4.78, 5) is 28.0. The highest BCUT2D eigenvalue weighted by molar-refractivity contribution is 6.19. The minimum Gasteiger partial charge on any atom is -0.454 e. The summed E-state index contributed by atoms with van der Waals surface area (Å²) in [6.45, 7) is 1.69. The third kappa shape index (κ3) is 4.34. The number of para-hydroxylation sites is 2. The van der Waals surface area contributed by atoms with Crippen molar-refractivity contribution in [2.75, 3.05) is 0 Å². The van der Waals surface area contributed by atoms with Gasteiger partial charge in [0.2, 0.25) is 0 Å². The third-order valence-corrected chi connectivity index (χ3v) is 6.73. The Balaban J connectivity index is 1.51. The van der Waals surface area contributed by atoms with E-state index in [4.69, 9.17) is 9.52 Å². The Kier molecular flexibility index (Phi) is 5.98. The van der Waals surface area contributed by atoms with E-state index in [1.807, 2.05) is 103 Å². The molecule has 3 aromatic carbocycles. The van der Waals surface area contributed by atoms with Crippen molar-refractivity contribution in [2.45, 2.75) is 13.5 Å². The van der Waals surface area contributed by atoms with Crippen molar-refractivity contribution in [3.63, 3.8) is 0 Å². The molecular formula is C32H22N4O3. The number of aromatic nitrogens is 2. The maximum absolute atomic E-state index is 13.7. The van der Waals surface area contributed by atoms with Gasteiger partial charge in [0.1, 0.15) is 22.9 Å². The van der Waals surface area contributed by atoms with Crippen LogP contribution in [-0.4, -0.2) is 26.5 Å². The number of nitrogens with zero attached hydrogens (tertiary/aromatic N) is 4. The van der Waals surface area contributed by atoms with E-state index in [0.29, 0.717) is 22.6 Å². The zero-order valence-corrected chi connectivity index (χ0v) is 21.0. The molecule has 39 heavy (non-hydrogen) atoms. The van der Waals surface area contributed by atoms with E-state index in [-0.39, 0.29) is 17.7 Å². The molecule has 3 heterocycles. The van der Waals surface area contributed by atoms with Crippen LogP contribution in [0.1, 0.15) is 18.1 Å². The van der Waals surface area contributed by atoms with Crippen molar-refractivity contribution in [1.29, 1.82) is 5.26 Å². The molecule has 0 spiro atoms. The van der Waals surface area contributed by atoms with Crippen molar-refractivity contribution in [2.24, 2.45) is 0 Å². The van der Waals surface area contributed by atoms with Crippen LogP contribution >= 0.6 is 0 Å². The molecule has 0 saturated carbocycles. The Morgan fingerprint density at radius 1 is 0.923 bits per heavy atom. The second-order valence-corrected chi connectivity index (χ2v) is 9.21. The number of amides is 2. The SMILES string of the molecule is CC1=C(C#N)C(=O)N(Cc2ccccc2)C(=O)/C1=C/c1cn(-c2ccccc2)nc1-c1cc2ccccc2o1. The number of hydrogen-bond donors (Lipinski definition) is 0. The van der Waals surface area contributed by atoms with Gasteiger partial charge in [0.25, 0.3) is 11.8 Å². The lowest BCUT2D eigenvalue weighted by Gasteiger charge is -2.27. The van der Waals surface area contributed by atoms with Crippen LogP contribution in [0.15, 0.2) is 118 Å². The molecule has 5 aromatic rings. The standard InChI is InChI=1S/C32H22N4O3/c1-21-26(31(37)35(32(38)27(21)18-33)19-22-10-4-2-5-11-22)16-24-20-36(25-13-6-3-7-14-25)34-30(24)29-17-23-12-8-9-15-28(23)39-29/h2-17,20H,19H2,1H3/b26-16+. The number of imide groups is 1. The van der Waals surface area contributed by atoms with E-state index in [9.17, 15) is 14.9 Å². The number of carbonyl (C=O) groups excluding carboxylic acids is 2. The zero-order chi connectivity index (χ0) is 26.9. The molecule has 7 nitrogen and oxygen atoms in total. The second kappa shape index (κ2) is 9.77. The molecule has 0 N–H and O–H groups in total. The molecule has 0 fully saturated rings. The van der Waals surface area contributed by atoms with Crippen molar-refractivity contribution >= 4 is 28.9 Å². The summed E-state index contributed by atoms with van der Waals surface area (Å²) in [6.07, 6.45) is 3.50. The van der Waals surface area contributed by atoms with Crippen LogP contribution in [0.25, 0.3) is 34.2 Å². The van der Waals surface area contributed by atoms with E-state index in [1.54, 1.807) is 17.7 Å². The predicted octanol–water partition coefficient (Wildman–Crippen LogP) is 6.08. The Morgan fingerprint density at radius 3 is 2.33 bits per heavy atom. The zero-order valence-electron chi connectivity index (χ0n) is 21.0. The first-order chi connectivity index (χ1) is 19.0. The monoisotopic (exact) mass is 510 g/mol. The van der Waals surface area contributed by atoms with E-state index in [1.165, 1.54) is 0 Å². The first-order valence-corrected chi connectivity index (χ1v) is 12.4. The van der Waals surface area contributed by atoms with Crippen molar-refractivity contribution in [3.8, 4) is 23.2 Å². The summed E-state index contributed by atoms with van der Waals surface area (Å²) in [5, 5.41) is 15.6. The number of nitriles is 1. The number of fused-ring (bicyclic) bond motifs is 1. The van der Waals surface area contributed by atoms with Gasteiger partial charge in [-0.3, -0.25) is 14.5 Å². The summed E-state index contributed by atoms with van der Waals surface area (Å²) in [7, 11) is 0. The molecular weight excluding hydrogens is 488 g/mol. The lowest BCUT2D eigenvalue weighted by atomic mass is 9.93. The smallest absolute Gasteiger partial charge is 0.271 e. The van der Waals surface area contributed by atoms with E-state index in [2.05, 4.69) is 0 Å². The van der Waals surface area contributed by atoms with Crippen LogP contribution in [0.4, 0.5) is 0 Å². The number of furan rings is 1. The number of hydrogen-bond acceptors (Lipinski definition) is 5. The van der Waals surface area contributed by atoms with Gasteiger partial charge >= 0.3 is 0 Å². The van der Waals surface area contributed by atoms with Gasteiger partial charge in [-0.2, -0.15) is 10.4 Å². The van der Waals surface area contributed by atoms with Gasteiger partial charge in [0.15, 0.2) is 5.76 Å². The van der Waals surface area contributed by atoms with Crippen LogP contribution < -0.4 is 0 Å². The summed E-state index contributed by atoms with van der Waals surface area (Å²) in [6, 6.07) is 30.4. The van der Waals surface area contributed by atoms with Gasteiger partial charge in [-0.05, 0) is 48.4 Å². The van der Waals surface area contributed by atoms with Gasteiger partial charge in [0, 0.05) is 22.7 Å². The molecule has 1 aliphatic rings. The lowest BCUT2D eigenvalue weighted by molar-refractivity contribution is -0.141. The van der Waals surface area contributed by atoms with Crippen LogP contribution in [0, 0.1) is 11.3 Å². The molecule has 188 valence electrons. The first-order valence-electron chi connectivity index (χ1n) is 12.4. The molecule has 6 rings (SSSR count). The minimum atomic E-state index is -0.599. The molecule has 2 aromatic heterocycles. The third-order valence-electron chi connectivity index (χ3n) is 6.73. The molecule has 0 unspecified atom stereocenters. The van der Waals surface area contributed by atoms with Crippen LogP contribution in [-0.2, 0) is 16.1 Å². The summed E-state index contributed by atoms with van der Waals surface area (Å²) >= 11 is 0. The Morgan fingerprint density at radius 2 is 1.62 bits per heavy atom. The second-order valence-electron chi connectivity index (χ2n) is 9.21. The molecule has 0 saturated heterocycles. The fourth-order valence-corrected chi connectivity index (χ4v) is 4.69. The molecule has 7 heteroatoms. The molecule has 1 aliphatic heterocycles. The number of benzene rings is 3. The van der Waals surface area contributed by atoms with Gasteiger partial charge in [0.05, 0.1) is 12.2 Å². The highest BCUT2D eigenvalue weighted by Gasteiger charge is 2.35. The fourth-order valence-electron chi connectivity index (χ4n) is 4.69. The Labute approximate surface area is 224 Å². The Hall–Kier alpha value is -5.48. The normalized spacial score (nSPS) is 14.9. The van der Waals surface area contributed by atoms with Crippen LogP contribution in [0.2, 0.25) is 0 Å². The molecule has 2 amide bonds. The molecule has 0 atom stereocenters. The topological polar surface area (TPSA) is 92.1 Å². The maximum atomic E-state index is 13.7. The number of carbonyl (C=O) groups is 2. The first kappa shape index (κ1) is 23.9. The highest BCUT2D eigenvalue weighted by Crippen LogP contribution is 2.34. The summed E-state index contributed by atoms with van der Waals surface area (Å²) in [5.41, 5.74) is 4.02. The van der Waals surface area contributed by atoms with E-state index >= 15 is 0 Å². The largest absolute Gasteiger partial charge is 0.454 e. The average molecular weight is 511 g/mol. The summed E-state index contributed by atoms with van der Waals surface area (Å²) in [5.74, 6) is -0.526. The summed E-state index contributed by atoms with van der Waals surface area (Å²) < 4.78 is 7.85. The van der Waals surface area contributed by atoms with Gasteiger partial charge < -0.3 is 4.42 Å². The lowest BCUT2D eigenvalue weighted by Crippen LogP contribution is -2.42. The highest BCUT2D eigenvalue weighted by atomic mass is 16.3. The fraction of sp³-hybridized carbons (Fsp3) is 0.0625. The minimum absolute atomic E-state index is 0.0579. The van der Waals surface area contributed by atoms with Crippen molar-refractivity contribution in [1.82, 2.24) is 14.7 Å². The van der Waals surface area contributed by atoms with Crippen molar-refractivity contribution in [3.05, 3.63) is 125 Å². The average Bonchev–Trinajstić information content (AvgIpc) is 3.59. The van der Waals surface area contributed by atoms with Crippen LogP contribution in [0.5, 0.6) is 0 Å². The van der Waals surface area contributed by atoms with Crippen molar-refractivity contribution < 1.29 is 14.0 Å². The Bertz CT molecular complexity index is 1800. The van der Waals surface area contributed by atoms with Gasteiger partial charge in [-0.25, -0.2) is 4.68 Å². The van der Waals surface area contributed by atoms with E-state index < -0.39 is 11.8 Å². The predicted molar refractivity (Wildman–Crippen MR) is 147 cm³/mol.